The summed E-state index contributed by atoms with van der Waals surface area (Å²) >= 11 is 0. The number of aryl methyl sites for hydroxylation is 1. The Bertz CT molecular complexity index is 342. The summed E-state index contributed by atoms with van der Waals surface area (Å²) in [6.07, 6.45) is 2.16. The summed E-state index contributed by atoms with van der Waals surface area (Å²) in [6.45, 7) is 2.79. The van der Waals surface area contributed by atoms with Gasteiger partial charge in [-0.05, 0) is 19.8 Å². The number of hydrogen-bond donors (Lipinski definition) is 3. The summed E-state index contributed by atoms with van der Waals surface area (Å²) in [5, 5.41) is 12.3. The van der Waals surface area contributed by atoms with Crippen LogP contribution in [0.15, 0.2) is 6.07 Å². The van der Waals surface area contributed by atoms with E-state index in [1.54, 1.807) is 13.0 Å². The van der Waals surface area contributed by atoms with Gasteiger partial charge < -0.3 is 16.2 Å². The molecule has 0 spiro atoms. The molecule has 0 unspecified atom stereocenters. The van der Waals surface area contributed by atoms with Crippen LogP contribution in [0.1, 0.15) is 18.7 Å². The number of aliphatic hydroxyl groups excluding tert-OH is 1. The van der Waals surface area contributed by atoms with Crippen LogP contribution >= 0.6 is 0 Å². The molecule has 0 radical (unpaired) electrons. The van der Waals surface area contributed by atoms with Gasteiger partial charge in [0.05, 0.1) is 6.61 Å². The van der Waals surface area contributed by atoms with E-state index in [4.69, 9.17) is 10.8 Å². The molecule has 0 aliphatic heterocycles. The van der Waals surface area contributed by atoms with E-state index in [2.05, 4.69) is 15.3 Å². The van der Waals surface area contributed by atoms with E-state index in [1.165, 1.54) is 0 Å². The molecule has 0 bridgehead atoms. The lowest BCUT2D eigenvalue weighted by Gasteiger charge is -2.13. The molecule has 1 heterocycles. The molecular formula is C10H16N4O. The highest BCUT2D eigenvalue weighted by molar-refractivity contribution is 5.44. The number of anilines is 2. The van der Waals surface area contributed by atoms with Crippen molar-refractivity contribution in [3.05, 3.63) is 11.9 Å². The minimum absolute atomic E-state index is 0.0770. The number of hydrogen-bond acceptors (Lipinski definition) is 5. The first-order valence-corrected chi connectivity index (χ1v) is 5.09. The van der Waals surface area contributed by atoms with Crippen molar-refractivity contribution in [3.8, 4) is 0 Å². The van der Waals surface area contributed by atoms with Crippen molar-refractivity contribution < 1.29 is 5.11 Å². The molecule has 15 heavy (non-hydrogen) atoms. The van der Waals surface area contributed by atoms with E-state index < -0.39 is 0 Å². The van der Waals surface area contributed by atoms with Crippen LogP contribution in [0.25, 0.3) is 0 Å². The van der Waals surface area contributed by atoms with Crippen LogP contribution in [-0.4, -0.2) is 28.2 Å². The predicted octanol–water partition coefficient (Wildman–Crippen LogP) is 0.552. The first-order valence-electron chi connectivity index (χ1n) is 5.09. The summed E-state index contributed by atoms with van der Waals surface area (Å²) in [7, 11) is 0. The second-order valence-electron chi connectivity index (χ2n) is 4.24. The molecule has 5 heteroatoms. The number of aliphatic hydroxyl groups is 1. The lowest BCUT2D eigenvalue weighted by atomic mass is 10.1. The molecule has 5 nitrogen and oxygen atoms in total. The van der Waals surface area contributed by atoms with Gasteiger partial charge in [-0.3, -0.25) is 0 Å². The maximum Gasteiger partial charge on any atom is 0.131 e. The average molecular weight is 208 g/mol. The largest absolute Gasteiger partial charge is 0.396 e. The molecule has 82 valence electrons. The zero-order valence-corrected chi connectivity index (χ0v) is 8.82. The number of aromatic nitrogens is 2. The Balaban J connectivity index is 1.99. The van der Waals surface area contributed by atoms with E-state index in [-0.39, 0.29) is 12.0 Å². The highest BCUT2D eigenvalue weighted by Crippen LogP contribution is 2.44. The van der Waals surface area contributed by atoms with Crippen molar-refractivity contribution in [2.24, 2.45) is 5.41 Å². The van der Waals surface area contributed by atoms with Gasteiger partial charge in [0.15, 0.2) is 0 Å². The molecular weight excluding hydrogens is 192 g/mol. The number of rotatable bonds is 4. The SMILES string of the molecule is Cc1nc(N)cc(NCC2(CO)CC2)n1. The van der Waals surface area contributed by atoms with E-state index in [0.29, 0.717) is 11.6 Å². The highest BCUT2D eigenvalue weighted by Gasteiger charge is 2.41. The topological polar surface area (TPSA) is 84.1 Å². The molecule has 0 amide bonds. The Morgan fingerprint density at radius 1 is 1.53 bits per heavy atom. The van der Waals surface area contributed by atoms with Crippen LogP contribution in [0, 0.1) is 12.3 Å². The van der Waals surface area contributed by atoms with Gasteiger partial charge in [0, 0.05) is 18.0 Å². The number of nitrogens with one attached hydrogen (secondary N) is 1. The second-order valence-corrected chi connectivity index (χ2v) is 4.24. The quantitative estimate of drug-likeness (QED) is 0.673. The average Bonchev–Trinajstić information content (AvgIpc) is 2.94. The van der Waals surface area contributed by atoms with Gasteiger partial charge in [-0.25, -0.2) is 9.97 Å². The summed E-state index contributed by atoms with van der Waals surface area (Å²) in [6, 6.07) is 1.71. The zero-order chi connectivity index (χ0) is 10.9. The van der Waals surface area contributed by atoms with Gasteiger partial charge in [-0.1, -0.05) is 0 Å². The normalized spacial score (nSPS) is 17.5. The maximum absolute atomic E-state index is 9.15. The minimum Gasteiger partial charge on any atom is -0.396 e. The van der Waals surface area contributed by atoms with Crippen LogP contribution in [0.4, 0.5) is 11.6 Å². The minimum atomic E-state index is 0.0770. The number of nitrogens with zero attached hydrogens (tertiary/aromatic N) is 2. The van der Waals surface area contributed by atoms with Crippen LogP contribution < -0.4 is 11.1 Å². The molecule has 4 N–H and O–H groups in total. The van der Waals surface area contributed by atoms with E-state index in [1.807, 2.05) is 0 Å². The van der Waals surface area contributed by atoms with Crippen molar-refractivity contribution in [1.82, 2.24) is 9.97 Å². The molecule has 1 aromatic rings. The number of nitrogen functional groups attached to an aromatic ring is 1. The van der Waals surface area contributed by atoms with Gasteiger partial charge in [-0.15, -0.1) is 0 Å². The Hall–Kier alpha value is -1.36. The molecule has 1 aromatic heterocycles. The van der Waals surface area contributed by atoms with Crippen LogP contribution in [0.2, 0.25) is 0 Å². The molecule has 2 rings (SSSR count). The Morgan fingerprint density at radius 3 is 2.80 bits per heavy atom. The van der Waals surface area contributed by atoms with Gasteiger partial charge >= 0.3 is 0 Å². The standard InChI is InChI=1S/C10H16N4O/c1-7-13-8(11)4-9(14-7)12-5-10(6-15)2-3-10/h4,15H,2-3,5-6H2,1H3,(H3,11,12,13,14). The van der Waals surface area contributed by atoms with Gasteiger partial charge in [-0.2, -0.15) is 0 Å². The fourth-order valence-electron chi connectivity index (χ4n) is 1.53. The highest BCUT2D eigenvalue weighted by atomic mass is 16.3. The fourth-order valence-corrected chi connectivity index (χ4v) is 1.53. The van der Waals surface area contributed by atoms with Crippen molar-refractivity contribution in [3.63, 3.8) is 0 Å². The molecule has 1 saturated carbocycles. The van der Waals surface area contributed by atoms with Crippen molar-refractivity contribution in [1.29, 1.82) is 0 Å². The second kappa shape index (κ2) is 3.66. The molecule has 0 saturated heterocycles. The Labute approximate surface area is 88.7 Å². The first-order chi connectivity index (χ1) is 7.13. The fraction of sp³-hybridized carbons (Fsp3) is 0.600. The van der Waals surface area contributed by atoms with E-state index in [0.717, 1.165) is 25.2 Å². The zero-order valence-electron chi connectivity index (χ0n) is 8.82. The third-order valence-electron chi connectivity index (χ3n) is 2.79. The van der Waals surface area contributed by atoms with Crippen molar-refractivity contribution in [2.75, 3.05) is 24.2 Å². The van der Waals surface area contributed by atoms with Gasteiger partial charge in [0.2, 0.25) is 0 Å². The Kier molecular flexibility index (Phi) is 2.48. The molecule has 1 fully saturated rings. The summed E-state index contributed by atoms with van der Waals surface area (Å²) in [5.74, 6) is 1.87. The molecule has 1 aliphatic carbocycles. The smallest absolute Gasteiger partial charge is 0.131 e. The molecule has 0 aromatic carbocycles. The summed E-state index contributed by atoms with van der Waals surface area (Å²) in [5.41, 5.74) is 5.68. The predicted molar refractivity (Wildman–Crippen MR) is 58.4 cm³/mol. The molecule has 0 atom stereocenters. The maximum atomic E-state index is 9.15. The Morgan fingerprint density at radius 2 is 2.27 bits per heavy atom. The van der Waals surface area contributed by atoms with Gasteiger partial charge in [0.25, 0.3) is 0 Å². The third kappa shape index (κ3) is 2.36. The summed E-state index contributed by atoms with van der Waals surface area (Å²) in [4.78, 5) is 8.21. The van der Waals surface area contributed by atoms with Crippen LogP contribution in [0.5, 0.6) is 0 Å². The van der Waals surface area contributed by atoms with Gasteiger partial charge in [0.1, 0.15) is 17.5 Å². The monoisotopic (exact) mass is 208 g/mol. The first kappa shape index (κ1) is 10.2. The van der Waals surface area contributed by atoms with E-state index >= 15 is 0 Å². The lowest BCUT2D eigenvalue weighted by molar-refractivity contribution is 0.219. The number of nitrogens with two attached hydrogens (primary N) is 1. The summed E-state index contributed by atoms with van der Waals surface area (Å²) < 4.78 is 0. The molecule has 1 aliphatic rings. The van der Waals surface area contributed by atoms with Crippen molar-refractivity contribution in [2.45, 2.75) is 19.8 Å². The van der Waals surface area contributed by atoms with E-state index in [9.17, 15) is 0 Å². The third-order valence-corrected chi connectivity index (χ3v) is 2.79. The van der Waals surface area contributed by atoms with Crippen molar-refractivity contribution >= 4 is 11.6 Å². The lowest BCUT2D eigenvalue weighted by Crippen LogP contribution is -2.19. The van der Waals surface area contributed by atoms with Crippen LogP contribution in [0.3, 0.4) is 0 Å². The van der Waals surface area contributed by atoms with Crippen LogP contribution in [-0.2, 0) is 0 Å².